The lowest BCUT2D eigenvalue weighted by molar-refractivity contribution is 0.0981. The van der Waals surface area contributed by atoms with E-state index in [2.05, 4.69) is 21.5 Å². The Bertz CT molecular complexity index is 1540. The predicted octanol–water partition coefficient (Wildman–Crippen LogP) is 4.89. The molecule has 1 saturated heterocycles. The lowest BCUT2D eigenvalue weighted by atomic mass is 10.1. The molecule has 210 valence electrons. The maximum atomic E-state index is 14.5. The van der Waals surface area contributed by atoms with E-state index >= 15 is 0 Å². The van der Waals surface area contributed by atoms with Crippen molar-refractivity contribution in [1.82, 2.24) is 14.7 Å². The maximum absolute atomic E-state index is 14.5. The van der Waals surface area contributed by atoms with E-state index in [1.807, 2.05) is 13.8 Å². The zero-order chi connectivity index (χ0) is 27.9. The largest absolute Gasteiger partial charge is 0.493 e. The number of halogens is 1. The van der Waals surface area contributed by atoms with Crippen molar-refractivity contribution in [3.8, 4) is 17.0 Å². The van der Waals surface area contributed by atoms with Crippen LogP contribution in [0.4, 0.5) is 16.0 Å². The molecule has 11 heteroatoms. The van der Waals surface area contributed by atoms with E-state index in [9.17, 15) is 17.6 Å². The molecule has 3 N–H and O–H groups in total. The number of nitrogen functional groups attached to an aromatic ring is 1. The maximum Gasteiger partial charge on any atom is 0.281 e. The van der Waals surface area contributed by atoms with E-state index < -0.39 is 21.7 Å². The number of nitrogens with two attached hydrogens (primary N) is 1. The Hall–Kier alpha value is -3.73. The number of benzene rings is 1. The molecular formula is C28H36FN5O4S. The quantitative estimate of drug-likeness (QED) is 0.401. The molecule has 1 atom stereocenters. The minimum absolute atomic E-state index is 0. The molecule has 1 aromatic carbocycles. The summed E-state index contributed by atoms with van der Waals surface area (Å²) in [7, 11) is -4.28. The van der Waals surface area contributed by atoms with Gasteiger partial charge in [-0.3, -0.25) is 4.79 Å². The highest BCUT2D eigenvalue weighted by molar-refractivity contribution is 7.90. The summed E-state index contributed by atoms with van der Waals surface area (Å²) in [6.07, 6.45) is 2.88. The summed E-state index contributed by atoms with van der Waals surface area (Å²) >= 11 is 0. The lowest BCUT2D eigenvalue weighted by Gasteiger charge is -2.28. The normalized spacial score (nSPS) is 18.0. The molecule has 5 rings (SSSR count). The average Bonchev–Trinajstić information content (AvgIpc) is 3.56. The van der Waals surface area contributed by atoms with Gasteiger partial charge in [0.1, 0.15) is 23.2 Å². The van der Waals surface area contributed by atoms with Crippen molar-refractivity contribution in [2.45, 2.75) is 50.6 Å². The monoisotopic (exact) mass is 557 g/mol. The number of sulfonamides is 1. The molecule has 2 aromatic heterocycles. The molecule has 0 bridgehead atoms. The molecule has 1 saturated carbocycles. The first-order valence-corrected chi connectivity index (χ1v) is 14.5. The van der Waals surface area contributed by atoms with E-state index in [1.165, 1.54) is 36.4 Å². The van der Waals surface area contributed by atoms with Gasteiger partial charge in [0.25, 0.3) is 15.9 Å². The number of carbonyl (C=O) groups is 1. The summed E-state index contributed by atoms with van der Waals surface area (Å²) in [6.45, 7) is 7.26. The van der Waals surface area contributed by atoms with Crippen LogP contribution in [0.2, 0.25) is 0 Å². The van der Waals surface area contributed by atoms with Gasteiger partial charge >= 0.3 is 0 Å². The standard InChI is InChI=1S/C28H32FN5O4S.2H2/c1-17(2)16-38-21-12-19(11-20(29)13-21)23-8-7-22(26(31-23)34-15-18(3)14-28(34)9-10-28)27(35)33-39(36,37)25-6-4-5-24(30)32-25;;/h4-8,11-13,17-18H,9-10,14-16H2,1-3H3,(H2,30,32)(H,33,35);2*1H. The second-order valence-corrected chi connectivity index (χ2v) is 12.6. The van der Waals surface area contributed by atoms with Crippen LogP contribution in [-0.4, -0.2) is 43.0 Å². The van der Waals surface area contributed by atoms with E-state index in [4.69, 9.17) is 15.5 Å². The van der Waals surface area contributed by atoms with E-state index in [0.717, 1.165) is 19.3 Å². The molecule has 0 radical (unpaired) electrons. The summed E-state index contributed by atoms with van der Waals surface area (Å²) < 4.78 is 48.2. The highest BCUT2D eigenvalue weighted by atomic mass is 32.2. The van der Waals surface area contributed by atoms with Gasteiger partial charge in [-0.2, -0.15) is 8.42 Å². The number of hydrogen-bond donors (Lipinski definition) is 2. The summed E-state index contributed by atoms with van der Waals surface area (Å²) in [6, 6.07) is 11.7. The highest BCUT2D eigenvalue weighted by Gasteiger charge is 2.54. The Balaban J connectivity index is 0.00000231. The van der Waals surface area contributed by atoms with Gasteiger partial charge in [-0.1, -0.05) is 26.8 Å². The van der Waals surface area contributed by atoms with Crippen LogP contribution in [-0.2, 0) is 10.0 Å². The molecule has 9 nitrogen and oxygen atoms in total. The second-order valence-electron chi connectivity index (χ2n) is 10.9. The average molecular weight is 558 g/mol. The minimum atomic E-state index is -4.28. The zero-order valence-electron chi connectivity index (χ0n) is 22.1. The number of ether oxygens (including phenoxy) is 1. The molecule has 3 aromatic rings. The van der Waals surface area contributed by atoms with Gasteiger partial charge in [0, 0.05) is 26.6 Å². The molecule has 1 amide bonds. The second kappa shape index (κ2) is 10.1. The molecule has 1 spiro atoms. The first-order valence-electron chi connectivity index (χ1n) is 13.0. The van der Waals surface area contributed by atoms with Gasteiger partial charge in [-0.15, -0.1) is 0 Å². The fourth-order valence-corrected chi connectivity index (χ4v) is 6.06. The molecule has 3 heterocycles. The van der Waals surface area contributed by atoms with Gasteiger partial charge in [0.15, 0.2) is 5.03 Å². The van der Waals surface area contributed by atoms with Crippen LogP contribution in [0.3, 0.4) is 0 Å². The van der Waals surface area contributed by atoms with Crippen molar-refractivity contribution >= 4 is 27.6 Å². The van der Waals surface area contributed by atoms with Gasteiger partial charge in [0.05, 0.1) is 17.9 Å². The van der Waals surface area contributed by atoms with Gasteiger partial charge in [-0.05, 0) is 67.5 Å². The summed E-state index contributed by atoms with van der Waals surface area (Å²) in [5.74, 6) is 0.124. The third kappa shape index (κ3) is 5.68. The van der Waals surface area contributed by atoms with Crippen LogP contribution in [0.25, 0.3) is 11.3 Å². The molecule has 39 heavy (non-hydrogen) atoms. The summed E-state index contributed by atoms with van der Waals surface area (Å²) in [4.78, 5) is 24.2. The number of anilines is 2. The molecule has 1 aliphatic heterocycles. The molecule has 2 aliphatic rings. The first-order chi connectivity index (χ1) is 18.5. The van der Waals surface area contributed by atoms with Gasteiger partial charge < -0.3 is 15.4 Å². The molecule has 2 fully saturated rings. The molecular weight excluding hydrogens is 521 g/mol. The Labute approximate surface area is 230 Å². The van der Waals surface area contributed by atoms with Crippen LogP contribution >= 0.6 is 0 Å². The number of amides is 1. The lowest BCUT2D eigenvalue weighted by Crippen LogP contribution is -2.36. The van der Waals surface area contributed by atoms with Crippen LogP contribution in [0.15, 0.2) is 53.6 Å². The Kier molecular flexibility index (Phi) is 6.96. The third-order valence-electron chi connectivity index (χ3n) is 7.00. The summed E-state index contributed by atoms with van der Waals surface area (Å²) in [5, 5.41) is -0.357. The number of hydrogen-bond acceptors (Lipinski definition) is 8. The van der Waals surface area contributed by atoms with Gasteiger partial charge in [0.2, 0.25) is 0 Å². The smallest absolute Gasteiger partial charge is 0.281 e. The van der Waals surface area contributed by atoms with Crippen molar-refractivity contribution in [2.24, 2.45) is 11.8 Å². The number of pyridine rings is 2. The zero-order valence-corrected chi connectivity index (χ0v) is 23.0. The fraction of sp³-hybridized carbons (Fsp3) is 0.393. The first kappa shape index (κ1) is 26.9. The summed E-state index contributed by atoms with van der Waals surface area (Å²) in [5.41, 5.74) is 6.59. The van der Waals surface area contributed by atoms with Gasteiger partial charge in [-0.25, -0.2) is 19.1 Å². The number of nitrogens with zero attached hydrogens (tertiary/aromatic N) is 3. The van der Waals surface area contributed by atoms with Crippen molar-refractivity contribution in [1.29, 1.82) is 0 Å². The minimum Gasteiger partial charge on any atom is -0.493 e. The van der Waals surface area contributed by atoms with E-state index in [0.29, 0.717) is 41.9 Å². The van der Waals surface area contributed by atoms with E-state index in [1.54, 1.807) is 12.1 Å². The number of carbonyl (C=O) groups excluding carboxylic acids is 1. The third-order valence-corrected chi connectivity index (χ3v) is 8.23. The van der Waals surface area contributed by atoms with Crippen molar-refractivity contribution in [2.75, 3.05) is 23.8 Å². The van der Waals surface area contributed by atoms with Crippen LogP contribution in [0, 0.1) is 17.7 Å². The van der Waals surface area contributed by atoms with Crippen molar-refractivity contribution < 1.29 is 25.2 Å². The Morgan fingerprint density at radius 3 is 2.69 bits per heavy atom. The van der Waals surface area contributed by atoms with Crippen LogP contribution in [0.5, 0.6) is 5.75 Å². The number of rotatable bonds is 8. The van der Waals surface area contributed by atoms with Crippen LogP contribution < -0.4 is 20.1 Å². The highest BCUT2D eigenvalue weighted by Crippen LogP contribution is 2.53. The number of nitrogens with one attached hydrogen (secondary N) is 1. The number of aromatic nitrogens is 2. The van der Waals surface area contributed by atoms with Crippen molar-refractivity contribution in [3.05, 3.63) is 59.9 Å². The predicted molar refractivity (Wildman–Crippen MR) is 151 cm³/mol. The Morgan fingerprint density at radius 2 is 2.00 bits per heavy atom. The van der Waals surface area contributed by atoms with Crippen molar-refractivity contribution in [3.63, 3.8) is 0 Å². The van der Waals surface area contributed by atoms with Crippen LogP contribution in [0.1, 0.15) is 53.2 Å². The molecule has 1 unspecified atom stereocenters. The molecule has 1 aliphatic carbocycles. The van der Waals surface area contributed by atoms with E-state index in [-0.39, 0.29) is 30.7 Å². The SMILES string of the molecule is CC(C)COc1cc(F)cc(-c2ccc(C(=O)NS(=O)(=O)c3cccc(N)n3)c(N3CC(C)CC34CC4)n2)c1.[HH].[HH]. The topological polar surface area (TPSA) is 128 Å². The Morgan fingerprint density at radius 1 is 1.23 bits per heavy atom. The fourth-order valence-electron chi connectivity index (χ4n) is 5.12.